The fourth-order valence-electron chi connectivity index (χ4n) is 3.82. The van der Waals surface area contributed by atoms with E-state index in [1.54, 1.807) is 0 Å². The summed E-state index contributed by atoms with van der Waals surface area (Å²) < 4.78 is 88.0. The highest BCUT2D eigenvalue weighted by Gasteiger charge is 2.44. The molecule has 1 unspecified atom stereocenters. The van der Waals surface area contributed by atoms with Gasteiger partial charge in [-0.25, -0.2) is 18.0 Å². The molecule has 1 saturated heterocycles. The highest BCUT2D eigenvalue weighted by atomic mass is 19.4. The van der Waals surface area contributed by atoms with E-state index in [0.717, 1.165) is 18.3 Å². The smallest absolute Gasteiger partial charge is 0.416 e. The van der Waals surface area contributed by atoms with Gasteiger partial charge in [0.2, 0.25) is 0 Å². The molecule has 0 N–H and O–H groups in total. The molecule has 5 nitrogen and oxygen atoms in total. The zero-order chi connectivity index (χ0) is 28.3. The first-order chi connectivity index (χ1) is 17.0. The number of hydrogen-bond acceptors (Lipinski definition) is 4. The van der Waals surface area contributed by atoms with Crippen LogP contribution in [0.1, 0.15) is 57.4 Å². The van der Waals surface area contributed by atoms with Crippen molar-refractivity contribution in [3.8, 4) is 0 Å². The fourth-order valence-corrected chi connectivity index (χ4v) is 3.82. The Labute approximate surface area is 212 Å². The molecule has 0 aliphatic carbocycles. The van der Waals surface area contributed by atoms with Gasteiger partial charge in [-0.3, -0.25) is 14.3 Å². The monoisotopic (exact) mass is 530 g/mol. The van der Waals surface area contributed by atoms with Gasteiger partial charge in [0.15, 0.2) is 6.04 Å². The molecule has 3 rings (SSSR count). The fraction of sp³-hybridized carbons (Fsp3) is 0.520. The third-order valence-corrected chi connectivity index (χ3v) is 5.30. The molecule has 1 atom stereocenters. The Morgan fingerprint density at radius 3 is 2.24 bits per heavy atom. The van der Waals surface area contributed by atoms with Crippen molar-refractivity contribution >= 4 is 19.3 Å². The Hall–Kier alpha value is -2.76. The van der Waals surface area contributed by atoms with Crippen molar-refractivity contribution in [2.75, 3.05) is 19.6 Å². The summed E-state index contributed by atoms with van der Waals surface area (Å²) in [7, 11) is 5.72. The molecule has 37 heavy (non-hydrogen) atoms. The molecule has 202 valence electrons. The lowest BCUT2D eigenvalue weighted by Gasteiger charge is -2.38. The molecule has 1 aromatic heterocycles. The van der Waals surface area contributed by atoms with Crippen LogP contribution in [-0.2, 0) is 22.1 Å². The first-order valence-electron chi connectivity index (χ1n) is 11.7. The van der Waals surface area contributed by atoms with E-state index in [0.29, 0.717) is 10.6 Å². The Bertz CT molecular complexity index is 1170. The van der Waals surface area contributed by atoms with Crippen molar-refractivity contribution in [3.05, 3.63) is 63.3 Å². The van der Waals surface area contributed by atoms with Gasteiger partial charge in [0, 0.05) is 24.4 Å². The van der Waals surface area contributed by atoms with E-state index in [4.69, 9.17) is 12.6 Å². The lowest BCUT2D eigenvalue weighted by atomic mass is 9.91. The van der Waals surface area contributed by atoms with Gasteiger partial charge in [0.25, 0.3) is 11.5 Å². The van der Waals surface area contributed by atoms with Gasteiger partial charge in [-0.1, -0.05) is 31.4 Å². The normalized spacial score (nSPS) is 16.3. The van der Waals surface area contributed by atoms with Crippen molar-refractivity contribution in [2.45, 2.75) is 64.8 Å². The van der Waals surface area contributed by atoms with Crippen LogP contribution < -0.4 is 11.0 Å². The van der Waals surface area contributed by atoms with E-state index in [9.17, 15) is 35.9 Å². The molecule has 0 bridgehead atoms. The van der Waals surface area contributed by atoms with Crippen LogP contribution in [0.25, 0.3) is 0 Å². The molecule has 0 amide bonds. The lowest BCUT2D eigenvalue weighted by Crippen LogP contribution is -2.56. The van der Waals surface area contributed by atoms with Gasteiger partial charge in [-0.2, -0.15) is 13.2 Å². The summed E-state index contributed by atoms with van der Waals surface area (Å²) in [5.41, 5.74) is -4.28. The minimum absolute atomic E-state index is 0.0499. The summed E-state index contributed by atoms with van der Waals surface area (Å²) >= 11 is 0. The van der Waals surface area contributed by atoms with Gasteiger partial charge < -0.3 is 4.74 Å². The zero-order valence-electron chi connectivity index (χ0n) is 21.3. The van der Waals surface area contributed by atoms with E-state index < -0.39 is 65.3 Å². The van der Waals surface area contributed by atoms with Crippen LogP contribution in [0.15, 0.2) is 35.3 Å². The second-order valence-corrected chi connectivity index (χ2v) is 9.49. The quantitative estimate of drug-likeness (QED) is 0.319. The summed E-state index contributed by atoms with van der Waals surface area (Å²) in [5, 5.41) is 0. The second-order valence-electron chi connectivity index (χ2n) is 9.49. The molecule has 1 aliphatic rings. The first-order valence-corrected chi connectivity index (χ1v) is 11.7. The van der Waals surface area contributed by atoms with Crippen molar-refractivity contribution in [3.63, 3.8) is 0 Å². The third-order valence-electron chi connectivity index (χ3n) is 5.30. The van der Waals surface area contributed by atoms with Gasteiger partial charge in [-0.15, -0.1) is 0 Å². The summed E-state index contributed by atoms with van der Waals surface area (Å²) in [5.74, 6) is -4.92. The van der Waals surface area contributed by atoms with Gasteiger partial charge in [-0.05, 0) is 38.8 Å². The number of hydrogen-bond donors (Lipinski definition) is 0. The first kappa shape index (κ1) is 30.5. The predicted octanol–water partition coefficient (Wildman–Crippen LogP) is 4.25. The van der Waals surface area contributed by atoms with Crippen LogP contribution in [0.2, 0.25) is 0 Å². The number of alkyl halides is 5. The Morgan fingerprint density at radius 1 is 1.14 bits per heavy atom. The molecule has 12 heteroatoms. The van der Waals surface area contributed by atoms with Crippen molar-refractivity contribution in [1.82, 2.24) is 9.47 Å². The highest BCUT2D eigenvalue weighted by molar-refractivity contribution is 6.32. The predicted molar refractivity (Wildman–Crippen MR) is 128 cm³/mol. The van der Waals surface area contributed by atoms with Crippen LogP contribution in [0.3, 0.4) is 0 Å². The molecule has 1 aromatic carbocycles. The number of ether oxygens (including phenoxy) is 1. The number of halogens is 6. The number of likely N-dealkylation sites (tertiary alicyclic amines) is 1. The largest absolute Gasteiger partial charge is 0.458 e. The molecule has 2 radical (unpaired) electrons. The molecule has 1 fully saturated rings. The summed E-state index contributed by atoms with van der Waals surface area (Å²) in [6.45, 7) is 7.26. The molecular weight excluding hydrogens is 501 g/mol. The Kier molecular flexibility index (Phi) is 9.33. The third kappa shape index (κ3) is 7.86. The summed E-state index contributed by atoms with van der Waals surface area (Å²) in [4.78, 5) is 27.1. The SMILES string of the molecule is CC.[B]c1ccc(F)c(C(C(=O)OC(C)(C)C)n2cc(CCN3CC(F)(F)C3)c(C(F)(F)F)cc2=O)c1. The van der Waals surface area contributed by atoms with E-state index in [1.165, 1.54) is 31.7 Å². The van der Waals surface area contributed by atoms with Crippen LogP contribution in [0.5, 0.6) is 0 Å². The number of nitrogens with zero attached hydrogens (tertiary/aromatic N) is 2. The second kappa shape index (κ2) is 11.3. The van der Waals surface area contributed by atoms with Crippen molar-refractivity contribution in [2.24, 2.45) is 0 Å². The van der Waals surface area contributed by atoms with Gasteiger partial charge in [0.1, 0.15) is 19.3 Å². The maximum Gasteiger partial charge on any atom is 0.416 e. The highest BCUT2D eigenvalue weighted by Crippen LogP contribution is 2.33. The standard InChI is InChI=1S/C23H23BF6N2O3.C2H6/c1-21(2,3)35-20(34)19(15-8-14(24)4-5-17(15)25)32-10-13(6-7-31-11-22(26,27)12-31)16(9-18(32)33)23(28,29)30;1-2/h4-5,8-10,19H,6-7,11-12H2,1-3H3;1-2H3. The maximum atomic E-state index is 14.7. The van der Waals surface area contributed by atoms with E-state index >= 15 is 0 Å². The average molecular weight is 530 g/mol. The van der Waals surface area contributed by atoms with E-state index in [2.05, 4.69) is 0 Å². The number of carbonyl (C=O) groups excluding carboxylic acids is 1. The van der Waals surface area contributed by atoms with Crippen LogP contribution in [0.4, 0.5) is 26.3 Å². The Morgan fingerprint density at radius 2 is 1.73 bits per heavy atom. The number of rotatable bonds is 6. The maximum absolute atomic E-state index is 14.7. The number of pyridine rings is 1. The van der Waals surface area contributed by atoms with Gasteiger partial charge in [0.05, 0.1) is 18.7 Å². The minimum atomic E-state index is -4.92. The number of esters is 1. The summed E-state index contributed by atoms with van der Waals surface area (Å²) in [6, 6.07) is 1.80. The molecule has 0 spiro atoms. The number of carbonyl (C=O) groups is 1. The summed E-state index contributed by atoms with van der Waals surface area (Å²) in [6.07, 6.45) is -4.46. The van der Waals surface area contributed by atoms with Crippen LogP contribution >= 0.6 is 0 Å². The lowest BCUT2D eigenvalue weighted by molar-refractivity contribution is -0.157. The molecule has 2 heterocycles. The molecule has 1 aliphatic heterocycles. The molecule has 0 saturated carbocycles. The van der Waals surface area contributed by atoms with Crippen molar-refractivity contribution < 1.29 is 35.9 Å². The van der Waals surface area contributed by atoms with E-state index in [-0.39, 0.29) is 24.0 Å². The zero-order valence-corrected chi connectivity index (χ0v) is 21.3. The topological polar surface area (TPSA) is 51.5 Å². The average Bonchev–Trinajstić information content (AvgIpc) is 2.74. The number of benzene rings is 1. The number of aromatic nitrogens is 1. The molecule has 2 aromatic rings. The minimum Gasteiger partial charge on any atom is -0.458 e. The van der Waals surface area contributed by atoms with Crippen LogP contribution in [-0.4, -0.2) is 54.4 Å². The van der Waals surface area contributed by atoms with E-state index in [1.807, 2.05) is 13.8 Å². The van der Waals surface area contributed by atoms with Crippen molar-refractivity contribution in [1.29, 1.82) is 0 Å². The molecular formula is C25H29BF6N2O3. The van der Waals surface area contributed by atoms with Gasteiger partial charge >= 0.3 is 12.1 Å². The van der Waals surface area contributed by atoms with Crippen LogP contribution in [0, 0.1) is 5.82 Å². The Balaban J connectivity index is 0.00000235.